The number of hydrogen-bond acceptors (Lipinski definition) is 3. The monoisotopic (exact) mass is 345 g/mol. The fraction of sp³-hybridized carbons (Fsp3) is 0.727. The summed E-state index contributed by atoms with van der Waals surface area (Å²) in [4.78, 5) is 2.61. The molecule has 3 heteroatoms. The van der Waals surface area contributed by atoms with Crippen LogP contribution in [0.15, 0.2) is 30.3 Å². The van der Waals surface area contributed by atoms with Crippen LogP contribution in [0, 0.1) is 0 Å². The van der Waals surface area contributed by atoms with Gasteiger partial charge in [0.15, 0.2) is 0 Å². The fourth-order valence-electron chi connectivity index (χ4n) is 4.63. The minimum absolute atomic E-state index is 0.0424. The van der Waals surface area contributed by atoms with Gasteiger partial charge < -0.3 is 9.47 Å². The molecule has 2 saturated carbocycles. The van der Waals surface area contributed by atoms with E-state index in [1.165, 1.54) is 69.8 Å². The zero-order valence-corrected chi connectivity index (χ0v) is 16.0. The number of ether oxygens (including phenoxy) is 2. The molecule has 0 aliphatic heterocycles. The van der Waals surface area contributed by atoms with Crippen molar-refractivity contribution in [3.63, 3.8) is 0 Å². The van der Waals surface area contributed by atoms with Crippen molar-refractivity contribution in [2.24, 2.45) is 0 Å². The molecule has 0 saturated heterocycles. The third kappa shape index (κ3) is 5.06. The molecule has 25 heavy (non-hydrogen) atoms. The lowest BCUT2D eigenvalue weighted by atomic mass is 9.89. The molecule has 0 amide bonds. The normalized spacial score (nSPS) is 22.8. The van der Waals surface area contributed by atoms with Crippen LogP contribution in [-0.2, 0) is 9.47 Å². The Kier molecular flexibility index (Phi) is 7.33. The molecule has 0 bridgehead atoms. The first kappa shape index (κ1) is 18.9. The standard InChI is InChI=1S/C22H35NO2/c1-18(19-12-6-3-7-13-19)25-22(24-2)23(20-14-8-4-9-15-20)21-16-10-5-11-17-21/h3,6-7,12-13,18,20-22H,4-5,8-11,14-17H2,1-2H3. The van der Waals surface area contributed by atoms with Crippen molar-refractivity contribution < 1.29 is 9.47 Å². The first-order valence-electron chi connectivity index (χ1n) is 10.3. The van der Waals surface area contributed by atoms with Gasteiger partial charge in [0, 0.05) is 19.2 Å². The maximum Gasteiger partial charge on any atom is 0.219 e. The predicted molar refractivity (Wildman–Crippen MR) is 102 cm³/mol. The summed E-state index contributed by atoms with van der Waals surface area (Å²) in [5.41, 5.74) is 1.22. The number of nitrogens with zero attached hydrogens (tertiary/aromatic N) is 1. The Morgan fingerprint density at radius 3 is 1.84 bits per heavy atom. The van der Waals surface area contributed by atoms with E-state index in [9.17, 15) is 0 Å². The van der Waals surface area contributed by atoms with E-state index >= 15 is 0 Å². The highest BCUT2D eigenvalue weighted by molar-refractivity contribution is 5.16. The van der Waals surface area contributed by atoms with Gasteiger partial charge in [0.05, 0.1) is 6.10 Å². The molecule has 0 N–H and O–H groups in total. The number of benzene rings is 1. The summed E-state index contributed by atoms with van der Waals surface area (Å²) in [6, 6.07) is 11.7. The molecular formula is C22H35NO2. The van der Waals surface area contributed by atoms with Crippen LogP contribution < -0.4 is 0 Å². The number of methoxy groups -OCH3 is 1. The van der Waals surface area contributed by atoms with Gasteiger partial charge in [-0.05, 0) is 38.2 Å². The summed E-state index contributed by atoms with van der Waals surface area (Å²) in [6.07, 6.45) is 13.1. The van der Waals surface area contributed by atoms with Crippen molar-refractivity contribution in [2.75, 3.05) is 7.11 Å². The molecule has 1 aromatic rings. The third-order valence-corrected chi connectivity index (χ3v) is 6.03. The van der Waals surface area contributed by atoms with Gasteiger partial charge in [0.1, 0.15) is 0 Å². The van der Waals surface area contributed by atoms with Gasteiger partial charge in [-0.2, -0.15) is 0 Å². The largest absolute Gasteiger partial charge is 0.343 e. The highest BCUT2D eigenvalue weighted by Crippen LogP contribution is 2.33. The summed E-state index contributed by atoms with van der Waals surface area (Å²) in [5, 5.41) is 0. The van der Waals surface area contributed by atoms with Crippen LogP contribution >= 0.6 is 0 Å². The van der Waals surface area contributed by atoms with Crippen molar-refractivity contribution in [2.45, 2.75) is 95.7 Å². The molecule has 2 fully saturated rings. The van der Waals surface area contributed by atoms with Crippen LogP contribution in [-0.4, -0.2) is 30.5 Å². The van der Waals surface area contributed by atoms with Crippen LogP contribution in [0.1, 0.15) is 82.8 Å². The third-order valence-electron chi connectivity index (χ3n) is 6.03. The van der Waals surface area contributed by atoms with Gasteiger partial charge in [-0.1, -0.05) is 68.9 Å². The van der Waals surface area contributed by atoms with Crippen molar-refractivity contribution in [3.05, 3.63) is 35.9 Å². The molecule has 2 unspecified atom stereocenters. The molecule has 1 aromatic carbocycles. The van der Waals surface area contributed by atoms with Gasteiger partial charge in [-0.25, -0.2) is 4.90 Å². The Morgan fingerprint density at radius 1 is 0.840 bits per heavy atom. The molecule has 0 radical (unpaired) electrons. The van der Waals surface area contributed by atoms with Gasteiger partial charge >= 0.3 is 0 Å². The second-order valence-corrected chi connectivity index (χ2v) is 7.76. The van der Waals surface area contributed by atoms with Crippen molar-refractivity contribution in [1.82, 2.24) is 4.90 Å². The second-order valence-electron chi connectivity index (χ2n) is 7.76. The second kappa shape index (κ2) is 9.70. The van der Waals surface area contributed by atoms with Crippen LogP contribution in [0.5, 0.6) is 0 Å². The SMILES string of the molecule is COC(OC(C)c1ccccc1)N(C1CCCCC1)C1CCCCC1. The molecule has 2 aliphatic carbocycles. The predicted octanol–water partition coefficient (Wildman–Crippen LogP) is 5.66. The molecule has 3 nitrogen and oxygen atoms in total. The summed E-state index contributed by atoms with van der Waals surface area (Å²) in [7, 11) is 1.81. The van der Waals surface area contributed by atoms with E-state index < -0.39 is 0 Å². The summed E-state index contributed by atoms with van der Waals surface area (Å²) >= 11 is 0. The molecule has 0 heterocycles. The Balaban J connectivity index is 1.73. The van der Waals surface area contributed by atoms with Crippen molar-refractivity contribution in [3.8, 4) is 0 Å². The van der Waals surface area contributed by atoms with Gasteiger partial charge in [-0.15, -0.1) is 0 Å². The molecule has 140 valence electrons. The van der Waals surface area contributed by atoms with Crippen LogP contribution in [0.25, 0.3) is 0 Å². The zero-order chi connectivity index (χ0) is 17.5. The molecule has 3 rings (SSSR count). The van der Waals surface area contributed by atoms with Crippen LogP contribution in [0.2, 0.25) is 0 Å². The van der Waals surface area contributed by atoms with E-state index in [2.05, 4.69) is 42.2 Å². The minimum atomic E-state index is -0.235. The maximum absolute atomic E-state index is 6.46. The Bertz CT molecular complexity index is 462. The Hall–Kier alpha value is -0.900. The summed E-state index contributed by atoms with van der Waals surface area (Å²) < 4.78 is 12.4. The Labute approximate surface area is 153 Å². The van der Waals surface area contributed by atoms with E-state index in [0.717, 1.165) is 0 Å². The van der Waals surface area contributed by atoms with Gasteiger partial charge in [0.25, 0.3) is 0 Å². The fourth-order valence-corrected chi connectivity index (χ4v) is 4.63. The molecular weight excluding hydrogens is 310 g/mol. The molecule has 2 aliphatic rings. The highest BCUT2D eigenvalue weighted by atomic mass is 16.7. The Morgan fingerprint density at radius 2 is 1.36 bits per heavy atom. The molecule has 2 atom stereocenters. The molecule has 0 aromatic heterocycles. The van der Waals surface area contributed by atoms with E-state index in [1.54, 1.807) is 7.11 Å². The maximum atomic E-state index is 6.46. The van der Waals surface area contributed by atoms with Gasteiger partial charge in [0.2, 0.25) is 6.41 Å². The first-order valence-corrected chi connectivity index (χ1v) is 10.3. The first-order chi connectivity index (χ1) is 12.3. The van der Waals surface area contributed by atoms with Crippen LogP contribution in [0.3, 0.4) is 0 Å². The van der Waals surface area contributed by atoms with E-state index in [4.69, 9.17) is 9.47 Å². The highest BCUT2D eigenvalue weighted by Gasteiger charge is 2.35. The smallest absolute Gasteiger partial charge is 0.219 e. The topological polar surface area (TPSA) is 21.7 Å². The lowest BCUT2D eigenvalue weighted by molar-refractivity contribution is -0.257. The average molecular weight is 346 g/mol. The zero-order valence-electron chi connectivity index (χ0n) is 16.0. The van der Waals surface area contributed by atoms with Crippen LogP contribution in [0.4, 0.5) is 0 Å². The lowest BCUT2D eigenvalue weighted by Crippen LogP contribution is -2.52. The van der Waals surface area contributed by atoms with Crippen molar-refractivity contribution >= 4 is 0 Å². The quantitative estimate of drug-likeness (QED) is 0.595. The summed E-state index contributed by atoms with van der Waals surface area (Å²) in [6.45, 7) is 2.14. The van der Waals surface area contributed by atoms with E-state index in [1.807, 2.05) is 0 Å². The lowest BCUT2D eigenvalue weighted by Gasteiger charge is -2.45. The number of rotatable bonds is 7. The average Bonchev–Trinajstić information content (AvgIpc) is 2.69. The summed E-state index contributed by atoms with van der Waals surface area (Å²) in [5.74, 6) is 0. The van der Waals surface area contributed by atoms with E-state index in [0.29, 0.717) is 12.1 Å². The minimum Gasteiger partial charge on any atom is -0.343 e. The van der Waals surface area contributed by atoms with E-state index in [-0.39, 0.29) is 12.5 Å². The number of hydrogen-bond donors (Lipinski definition) is 0. The van der Waals surface area contributed by atoms with Gasteiger partial charge in [-0.3, -0.25) is 0 Å². The molecule has 0 spiro atoms. The van der Waals surface area contributed by atoms with Crippen molar-refractivity contribution in [1.29, 1.82) is 0 Å².